The zero-order chi connectivity index (χ0) is 21.0. The van der Waals surface area contributed by atoms with Gasteiger partial charge in [-0.25, -0.2) is 8.42 Å². The molecule has 0 aliphatic carbocycles. The average Bonchev–Trinajstić information content (AvgIpc) is 3.24. The van der Waals surface area contributed by atoms with Crippen LogP contribution in [0.4, 0.5) is 0 Å². The summed E-state index contributed by atoms with van der Waals surface area (Å²) in [5.41, 5.74) is 1.90. The van der Waals surface area contributed by atoms with Gasteiger partial charge in [0.15, 0.2) is 9.84 Å². The fourth-order valence-electron chi connectivity index (χ4n) is 3.03. The highest BCUT2D eigenvalue weighted by molar-refractivity contribution is 7.91. The number of hydrogen-bond donors (Lipinski definition) is 1. The number of amides is 1. The van der Waals surface area contributed by atoms with E-state index >= 15 is 0 Å². The minimum Gasteiger partial charge on any atom is -0.497 e. The summed E-state index contributed by atoms with van der Waals surface area (Å²) in [6.07, 6.45) is 1.42. The van der Waals surface area contributed by atoms with Crippen LogP contribution in [0.5, 0.6) is 5.75 Å². The highest BCUT2D eigenvalue weighted by atomic mass is 32.2. The summed E-state index contributed by atoms with van der Waals surface area (Å²) in [5, 5.41) is 1.67. The number of ether oxygens (including phenoxy) is 1. The predicted octanol–water partition coefficient (Wildman–Crippen LogP) is 3.85. The number of sulfone groups is 1. The summed E-state index contributed by atoms with van der Waals surface area (Å²) in [6.45, 7) is 3.47. The van der Waals surface area contributed by atoms with Crippen LogP contribution in [0.15, 0.2) is 70.2 Å². The molecule has 1 atom stereocenters. The average molecular weight is 413 g/mol. The van der Waals surface area contributed by atoms with Gasteiger partial charge < -0.3 is 14.5 Å². The number of nitrogens with one attached hydrogen (secondary N) is 1. The molecule has 0 aliphatic rings. The van der Waals surface area contributed by atoms with E-state index in [2.05, 4.69) is 5.32 Å². The smallest absolute Gasteiger partial charge is 0.251 e. The third-order valence-corrected chi connectivity index (χ3v) is 6.89. The van der Waals surface area contributed by atoms with Crippen LogP contribution in [0.25, 0.3) is 0 Å². The van der Waals surface area contributed by atoms with Gasteiger partial charge in [-0.1, -0.05) is 12.1 Å². The molecular formula is C22H23NO5S. The van der Waals surface area contributed by atoms with Crippen molar-refractivity contribution in [1.29, 1.82) is 0 Å². The molecule has 0 radical (unpaired) electrons. The topological polar surface area (TPSA) is 85.6 Å². The molecular weight excluding hydrogens is 390 g/mol. The number of aryl methyl sites for hydroxylation is 2. The maximum atomic E-state index is 13.4. The molecule has 3 aromatic rings. The SMILES string of the molecule is COc1ccc(C(=O)NC[C@@H](c2ccco2)S(=O)(=O)c2cc(C)ccc2C)cc1. The van der Waals surface area contributed by atoms with Gasteiger partial charge in [0.05, 0.1) is 18.3 Å². The van der Waals surface area contributed by atoms with Crippen LogP contribution in [0.3, 0.4) is 0 Å². The molecule has 0 aliphatic heterocycles. The number of methoxy groups -OCH3 is 1. The van der Waals surface area contributed by atoms with Crippen molar-refractivity contribution in [3.8, 4) is 5.75 Å². The Bertz CT molecular complexity index is 1090. The summed E-state index contributed by atoms with van der Waals surface area (Å²) in [7, 11) is -2.25. The quantitative estimate of drug-likeness (QED) is 0.636. The highest BCUT2D eigenvalue weighted by Crippen LogP contribution is 2.31. The van der Waals surface area contributed by atoms with Crippen LogP contribution < -0.4 is 10.1 Å². The summed E-state index contributed by atoms with van der Waals surface area (Å²) in [5.74, 6) is 0.536. The van der Waals surface area contributed by atoms with Crippen molar-refractivity contribution in [3.63, 3.8) is 0 Å². The minimum absolute atomic E-state index is 0.117. The monoisotopic (exact) mass is 413 g/mol. The fourth-order valence-corrected chi connectivity index (χ4v) is 4.95. The Balaban J connectivity index is 1.88. The first-order chi connectivity index (χ1) is 13.8. The van der Waals surface area contributed by atoms with Gasteiger partial charge in [-0.2, -0.15) is 0 Å². The second-order valence-corrected chi connectivity index (χ2v) is 8.86. The van der Waals surface area contributed by atoms with E-state index in [-0.39, 0.29) is 23.1 Å². The number of furan rings is 1. The van der Waals surface area contributed by atoms with Crippen molar-refractivity contribution < 1.29 is 22.4 Å². The lowest BCUT2D eigenvalue weighted by atomic mass is 10.2. The maximum Gasteiger partial charge on any atom is 0.251 e. The molecule has 0 bridgehead atoms. The number of rotatable bonds is 7. The highest BCUT2D eigenvalue weighted by Gasteiger charge is 2.33. The zero-order valence-corrected chi connectivity index (χ0v) is 17.3. The molecule has 0 saturated carbocycles. The van der Waals surface area contributed by atoms with Crippen molar-refractivity contribution in [2.45, 2.75) is 24.0 Å². The first-order valence-electron chi connectivity index (χ1n) is 9.09. The lowest BCUT2D eigenvalue weighted by molar-refractivity contribution is 0.0953. The van der Waals surface area contributed by atoms with Crippen LogP contribution in [0, 0.1) is 13.8 Å². The molecule has 1 amide bonds. The first kappa shape index (κ1) is 20.7. The molecule has 1 aromatic heterocycles. The van der Waals surface area contributed by atoms with Gasteiger partial charge in [0, 0.05) is 12.1 Å². The van der Waals surface area contributed by atoms with Gasteiger partial charge in [0.2, 0.25) is 0 Å². The molecule has 3 rings (SSSR count). The number of hydrogen-bond acceptors (Lipinski definition) is 5. The van der Waals surface area contributed by atoms with E-state index in [1.807, 2.05) is 13.0 Å². The molecule has 7 heteroatoms. The fraction of sp³-hybridized carbons (Fsp3) is 0.227. The Morgan fingerprint density at radius 2 is 1.83 bits per heavy atom. The van der Waals surface area contributed by atoms with E-state index in [0.29, 0.717) is 16.9 Å². The largest absolute Gasteiger partial charge is 0.497 e. The van der Waals surface area contributed by atoms with Crippen molar-refractivity contribution in [3.05, 3.63) is 83.3 Å². The second-order valence-electron chi connectivity index (χ2n) is 6.76. The van der Waals surface area contributed by atoms with Crippen molar-refractivity contribution in [2.24, 2.45) is 0 Å². The Hall–Kier alpha value is -3.06. The minimum atomic E-state index is -3.79. The second kappa shape index (κ2) is 8.53. The Morgan fingerprint density at radius 3 is 2.45 bits per heavy atom. The first-order valence-corrected chi connectivity index (χ1v) is 10.6. The summed E-state index contributed by atoms with van der Waals surface area (Å²) < 4.78 is 37.3. The van der Waals surface area contributed by atoms with Gasteiger partial charge in [0.25, 0.3) is 5.91 Å². The van der Waals surface area contributed by atoms with Crippen molar-refractivity contribution in [2.75, 3.05) is 13.7 Å². The Labute approximate surface area is 170 Å². The van der Waals surface area contributed by atoms with E-state index < -0.39 is 15.1 Å². The lowest BCUT2D eigenvalue weighted by Crippen LogP contribution is -2.32. The van der Waals surface area contributed by atoms with Crippen molar-refractivity contribution in [1.82, 2.24) is 5.32 Å². The van der Waals surface area contributed by atoms with Gasteiger partial charge in [-0.3, -0.25) is 4.79 Å². The maximum absolute atomic E-state index is 13.4. The molecule has 29 heavy (non-hydrogen) atoms. The predicted molar refractivity (Wildman–Crippen MR) is 110 cm³/mol. The van der Waals surface area contributed by atoms with E-state index in [1.165, 1.54) is 6.26 Å². The van der Waals surface area contributed by atoms with Crippen LogP contribution in [0.1, 0.15) is 32.5 Å². The van der Waals surface area contributed by atoms with E-state index in [4.69, 9.17) is 9.15 Å². The van der Waals surface area contributed by atoms with Crippen LogP contribution in [0.2, 0.25) is 0 Å². The number of carbonyl (C=O) groups is 1. The van der Waals surface area contributed by atoms with Gasteiger partial charge in [0.1, 0.15) is 16.8 Å². The van der Waals surface area contributed by atoms with Gasteiger partial charge in [-0.15, -0.1) is 0 Å². The molecule has 2 aromatic carbocycles. The Morgan fingerprint density at radius 1 is 1.10 bits per heavy atom. The molecule has 6 nitrogen and oxygen atoms in total. The van der Waals surface area contributed by atoms with Gasteiger partial charge >= 0.3 is 0 Å². The van der Waals surface area contributed by atoms with Crippen LogP contribution in [-0.4, -0.2) is 28.0 Å². The standard InChI is InChI=1S/C22H23NO5S/c1-15-6-7-16(2)20(13-15)29(25,26)21(19-5-4-12-28-19)14-23-22(24)17-8-10-18(27-3)11-9-17/h4-13,21H,14H2,1-3H3,(H,23,24)/t21-/m0/s1. The molecule has 0 fully saturated rings. The molecule has 1 N–H and O–H groups in total. The van der Waals surface area contributed by atoms with E-state index in [0.717, 1.165) is 5.56 Å². The third-order valence-electron chi connectivity index (χ3n) is 4.69. The molecule has 152 valence electrons. The molecule has 1 heterocycles. The molecule has 0 saturated heterocycles. The third kappa shape index (κ3) is 4.51. The van der Waals surface area contributed by atoms with E-state index in [9.17, 15) is 13.2 Å². The lowest BCUT2D eigenvalue weighted by Gasteiger charge is -2.18. The number of carbonyl (C=O) groups excluding carboxylic acids is 1. The van der Waals surface area contributed by atoms with Crippen molar-refractivity contribution >= 4 is 15.7 Å². The molecule has 0 spiro atoms. The van der Waals surface area contributed by atoms with Crippen LogP contribution >= 0.6 is 0 Å². The van der Waals surface area contributed by atoms with Gasteiger partial charge in [-0.05, 0) is 67.4 Å². The Kier molecular flexibility index (Phi) is 6.08. The normalized spacial score (nSPS) is 12.4. The summed E-state index contributed by atoms with van der Waals surface area (Å²) >= 11 is 0. The number of benzene rings is 2. The van der Waals surface area contributed by atoms with E-state index in [1.54, 1.807) is 62.6 Å². The zero-order valence-electron chi connectivity index (χ0n) is 16.5. The van der Waals surface area contributed by atoms with Crippen LogP contribution in [-0.2, 0) is 9.84 Å². The summed E-state index contributed by atoms with van der Waals surface area (Å²) in [4.78, 5) is 12.8. The molecule has 0 unspecified atom stereocenters. The summed E-state index contributed by atoms with van der Waals surface area (Å²) in [6, 6.07) is 15.1.